The monoisotopic (exact) mass is 1730 g/mol. The average molecular weight is 1740 g/mol. The molecule has 0 radical (unpaired) electrons. The van der Waals surface area contributed by atoms with Crippen molar-refractivity contribution in [3.05, 3.63) is 302 Å². The van der Waals surface area contributed by atoms with Gasteiger partial charge >= 0.3 is 0 Å². The normalized spacial score (nSPS) is 10.1. The number of para-hydroxylation sites is 2. The van der Waals surface area contributed by atoms with Gasteiger partial charge in [0.1, 0.15) is 84.7 Å². The van der Waals surface area contributed by atoms with Crippen molar-refractivity contribution in [3.8, 4) is 62.6 Å². The van der Waals surface area contributed by atoms with Crippen LogP contribution >= 0.6 is 0 Å². The zero-order valence-corrected chi connectivity index (χ0v) is 79.8. The standard InChI is InChI=1S/2C15H11NO.C13H15NO.C11H11NO.C10H9NO.C9H6FNO.C9H7NO.7Zn/c17-14-9-8-12(11-5-2-1-3-6-11)13-7-4-10-16-15(13)14;17-14-8-4-7-12-9-10-13(16-15(12)14)11-5-2-1-3-6-11;1-13(2,3)10-6-7-11(15)12-9(10)5-4-8-14-12;1-7-3-6-10(13)11-9(7)5-4-8(2)12-11;1-7-4-5-9(12)10-8(7)3-2-6-11-10;10-7-3-4-8(12)9-6(7)2-1-5-11-9;11-8-5-1-3-7-4-2-6-10-9(7)8;;;;;;;/h2*1-10,17H;4-8,15H,1-3H3;3-6,13H,1-2H3;2-6,12H,1H3;1-5,12H;1-6,11H;;;;;;;/i;;;;;;4D;;;;;;;. The molecule has 0 atom stereocenters. The largest absolute Gasteiger partial charge is 0.506 e. The Morgan fingerprint density at radius 3 is 1.26 bits per heavy atom. The molecular weight excluding hydrogens is 1670 g/mol. The second-order valence-corrected chi connectivity index (χ2v) is 23.4. The zero-order chi connectivity index (χ0) is 69.5. The molecule has 0 spiro atoms. The van der Waals surface area contributed by atoms with E-state index in [1.165, 1.54) is 30.1 Å². The number of hydrogen-bond donors (Lipinski definition) is 7. The minimum atomic E-state index is -0.365. The summed E-state index contributed by atoms with van der Waals surface area (Å²) in [4.78, 5) is 29.1. The van der Waals surface area contributed by atoms with E-state index in [4.69, 9.17) is 1.37 Å². The van der Waals surface area contributed by atoms with E-state index in [1.807, 2.05) is 166 Å². The zero-order valence-electron chi connectivity index (χ0n) is 60.0. The second kappa shape index (κ2) is 42.6. The van der Waals surface area contributed by atoms with Gasteiger partial charge in [-0.05, 0) is 157 Å². The molecule has 0 aliphatic rings. The molecule has 0 aliphatic heterocycles. The number of pyridine rings is 7. The van der Waals surface area contributed by atoms with Crippen LogP contribution in [0.3, 0.4) is 0 Å². The number of rotatable bonds is 2. The number of benzene rings is 9. The van der Waals surface area contributed by atoms with E-state index in [2.05, 4.69) is 67.8 Å². The first-order chi connectivity index (χ1) is 47.2. The SMILES string of the molecule is CC(C)(C)c1ccc(O)c2ncccc12.Cc1ccc(O)c2ncccc12.Cc1ccc2c(C)ccc(O)c2n1.Oc1ccc(-c2ccccc2)c2cccnc12.Oc1ccc(F)c2cccnc12.Oc1cccc2ccc(-c3ccccc3)nc12.[2H]c1ccnc2c(O)cccc12.[Zn].[Zn].[Zn].[Zn].[Zn].[Zn].[Zn]. The molecule has 14 nitrogen and oxygen atoms in total. The molecule has 0 amide bonds. The van der Waals surface area contributed by atoms with Crippen LogP contribution in [0.5, 0.6) is 40.2 Å². The minimum Gasteiger partial charge on any atom is -0.506 e. The molecule has 22 heteroatoms. The molecule has 0 fully saturated rings. The predicted molar refractivity (Wildman–Crippen MR) is 388 cm³/mol. The molecule has 0 saturated carbocycles. The summed E-state index contributed by atoms with van der Waals surface area (Å²) in [6, 6.07) is 72.2. The Balaban J connectivity index is 0.000000316. The molecule has 7 N–H and O–H groups in total. The molecule has 9 aromatic carbocycles. The molecule has 496 valence electrons. The van der Waals surface area contributed by atoms with Gasteiger partial charge in [-0.2, -0.15) is 0 Å². The summed E-state index contributed by atoms with van der Waals surface area (Å²) < 4.78 is 20.5. The van der Waals surface area contributed by atoms with E-state index in [9.17, 15) is 40.1 Å². The third-order valence-corrected chi connectivity index (χ3v) is 15.5. The topological polar surface area (TPSA) is 232 Å². The van der Waals surface area contributed by atoms with Crippen molar-refractivity contribution >= 4 is 76.3 Å². The van der Waals surface area contributed by atoms with Gasteiger partial charge in [0, 0.05) is 216 Å². The van der Waals surface area contributed by atoms with Gasteiger partial charge in [-0.15, -0.1) is 0 Å². The molecule has 16 aromatic rings. The summed E-state index contributed by atoms with van der Waals surface area (Å²) in [6.45, 7) is 12.4. The van der Waals surface area contributed by atoms with Crippen LogP contribution in [0.15, 0.2) is 274 Å². The summed E-state index contributed by atoms with van der Waals surface area (Å²) in [7, 11) is 0. The van der Waals surface area contributed by atoms with Gasteiger partial charge in [-0.1, -0.05) is 160 Å². The number of fused-ring (bicyclic) bond motifs is 7. The summed E-state index contributed by atoms with van der Waals surface area (Å²) in [5, 5.41) is 72.9. The summed E-state index contributed by atoms with van der Waals surface area (Å²) in [5.41, 5.74) is 12.8. The smallest absolute Gasteiger partial charge is 0.142 e. The van der Waals surface area contributed by atoms with E-state index < -0.39 is 0 Å². The minimum absolute atomic E-state index is 0. The Labute approximate surface area is 693 Å². The van der Waals surface area contributed by atoms with Gasteiger partial charge in [0.05, 0.1) is 7.06 Å². The Kier molecular flexibility index (Phi) is 36.1. The first-order valence-corrected chi connectivity index (χ1v) is 30.9. The molecule has 0 bridgehead atoms. The van der Waals surface area contributed by atoms with Gasteiger partial charge in [0.25, 0.3) is 0 Å². The van der Waals surface area contributed by atoms with Crippen LogP contribution in [0.1, 0.15) is 44.5 Å². The van der Waals surface area contributed by atoms with Gasteiger partial charge < -0.3 is 35.7 Å². The van der Waals surface area contributed by atoms with Crippen LogP contribution in [0.4, 0.5) is 4.39 Å². The maximum Gasteiger partial charge on any atom is 0.142 e. The van der Waals surface area contributed by atoms with Crippen molar-refractivity contribution in [1.29, 1.82) is 0 Å². The van der Waals surface area contributed by atoms with Crippen molar-refractivity contribution in [1.82, 2.24) is 34.9 Å². The number of aryl methyl sites for hydroxylation is 3. The maximum atomic E-state index is 13.0. The summed E-state index contributed by atoms with van der Waals surface area (Å²) in [5.74, 6) is 0.962. The predicted octanol–water partition coefficient (Wildman–Crippen LogP) is 19.3. The number of phenols is 7. The van der Waals surface area contributed by atoms with Crippen molar-refractivity contribution in [2.24, 2.45) is 0 Å². The van der Waals surface area contributed by atoms with E-state index in [0.29, 0.717) is 55.4 Å². The summed E-state index contributed by atoms with van der Waals surface area (Å²) >= 11 is 0. The molecule has 7 aromatic heterocycles. The van der Waals surface area contributed by atoms with E-state index in [0.717, 1.165) is 66.1 Å². The molecule has 0 aliphatic carbocycles. The first-order valence-electron chi connectivity index (χ1n) is 31.4. The number of aromatic nitrogens is 7. The molecule has 7 heterocycles. The van der Waals surface area contributed by atoms with Crippen molar-refractivity contribution in [3.63, 3.8) is 0 Å². The molecule has 0 saturated heterocycles. The van der Waals surface area contributed by atoms with Crippen LogP contribution in [0, 0.1) is 26.6 Å². The van der Waals surface area contributed by atoms with E-state index >= 15 is 0 Å². The fourth-order valence-electron chi connectivity index (χ4n) is 10.6. The molecule has 16 rings (SSSR count). The van der Waals surface area contributed by atoms with Gasteiger partial charge in [0.15, 0.2) is 0 Å². The van der Waals surface area contributed by atoms with Crippen molar-refractivity contribution in [2.75, 3.05) is 0 Å². The summed E-state index contributed by atoms with van der Waals surface area (Å²) in [6.07, 6.45) is 8.11. The number of aromatic hydroxyl groups is 7. The second-order valence-electron chi connectivity index (χ2n) is 23.4. The van der Waals surface area contributed by atoms with Gasteiger partial charge in [-0.3, -0.25) is 24.9 Å². The number of halogens is 1. The van der Waals surface area contributed by atoms with Crippen LogP contribution in [0.25, 0.3) is 98.7 Å². The molecule has 104 heavy (non-hydrogen) atoms. The van der Waals surface area contributed by atoms with E-state index in [-0.39, 0.29) is 188 Å². The Hall–Kier alpha value is -8.26. The molecule has 0 unspecified atom stereocenters. The Morgan fingerprint density at radius 2 is 0.721 bits per heavy atom. The van der Waals surface area contributed by atoms with Crippen molar-refractivity contribution in [2.45, 2.75) is 47.0 Å². The number of hydrogen-bond acceptors (Lipinski definition) is 14. The average Bonchev–Trinajstić information content (AvgIpc) is 0.782. The van der Waals surface area contributed by atoms with Crippen molar-refractivity contribution < 1.29 is 178 Å². The fraction of sp³-hybridized carbons (Fsp3) is 0.0854. The van der Waals surface area contributed by atoms with Gasteiger partial charge in [-0.25, -0.2) is 14.4 Å². The van der Waals surface area contributed by atoms with Crippen LogP contribution in [-0.4, -0.2) is 70.6 Å². The third kappa shape index (κ3) is 22.9. The van der Waals surface area contributed by atoms with Crippen LogP contribution in [0.2, 0.25) is 0 Å². The first kappa shape index (κ1) is 88.1. The molecular formula is C82H70FN7O7Zn7. The Bertz CT molecular complexity index is 5230. The van der Waals surface area contributed by atoms with E-state index in [1.54, 1.807) is 85.3 Å². The number of nitrogens with zero attached hydrogens (tertiary/aromatic N) is 7. The fourth-order valence-corrected chi connectivity index (χ4v) is 10.6. The van der Waals surface area contributed by atoms with Gasteiger partial charge in [0.2, 0.25) is 0 Å². The quantitative estimate of drug-likeness (QED) is 0.0799. The van der Waals surface area contributed by atoms with Crippen LogP contribution in [-0.2, 0) is 142 Å². The maximum absolute atomic E-state index is 13.0. The third-order valence-electron chi connectivity index (χ3n) is 15.5. The van der Waals surface area contributed by atoms with Crippen LogP contribution < -0.4 is 0 Å². The number of phenolic OH excluding ortho intramolecular Hbond substituents is 7. The Morgan fingerprint density at radius 1 is 0.308 bits per heavy atom.